The van der Waals surface area contributed by atoms with E-state index < -0.39 is 11.5 Å². The van der Waals surface area contributed by atoms with Crippen molar-refractivity contribution in [3.05, 3.63) is 23.8 Å². The predicted molar refractivity (Wildman–Crippen MR) is 73.1 cm³/mol. The first-order valence-corrected chi connectivity index (χ1v) is 6.25. The molecule has 2 amide bonds. The molecule has 5 nitrogen and oxygen atoms in total. The summed E-state index contributed by atoms with van der Waals surface area (Å²) in [5.74, 6) is -0.854. The van der Waals surface area contributed by atoms with Gasteiger partial charge in [-0.2, -0.15) is 0 Å². The molecule has 5 heteroatoms. The zero-order valence-electron chi connectivity index (χ0n) is 11.4. The zero-order chi connectivity index (χ0) is 14.2. The summed E-state index contributed by atoms with van der Waals surface area (Å²) >= 11 is 0. The number of fused-ring (bicyclic) bond motifs is 1. The highest BCUT2D eigenvalue weighted by Gasteiger charge is 2.37. The maximum absolute atomic E-state index is 12.2. The van der Waals surface area contributed by atoms with Crippen molar-refractivity contribution in [1.82, 2.24) is 0 Å². The van der Waals surface area contributed by atoms with E-state index in [2.05, 4.69) is 5.32 Å². The van der Waals surface area contributed by atoms with Crippen molar-refractivity contribution in [3.8, 4) is 0 Å². The minimum Gasteiger partial charge on any atom is -0.388 e. The molecule has 19 heavy (non-hydrogen) atoms. The van der Waals surface area contributed by atoms with E-state index in [-0.39, 0.29) is 12.3 Å². The number of aliphatic hydroxyl groups is 1. The quantitative estimate of drug-likeness (QED) is 0.843. The lowest BCUT2D eigenvalue weighted by molar-refractivity contribution is -0.137. The summed E-state index contributed by atoms with van der Waals surface area (Å²) in [6.07, 6.45) is 0.890. The summed E-state index contributed by atoms with van der Waals surface area (Å²) in [7, 11) is 1.81. The van der Waals surface area contributed by atoms with Crippen LogP contribution in [0.25, 0.3) is 0 Å². The van der Waals surface area contributed by atoms with Crippen LogP contribution < -0.4 is 10.2 Å². The van der Waals surface area contributed by atoms with Crippen LogP contribution in [0.2, 0.25) is 0 Å². The molecule has 0 aromatic heterocycles. The lowest BCUT2D eigenvalue weighted by Crippen LogP contribution is -2.50. The Labute approximate surface area is 112 Å². The Hall–Kier alpha value is -1.88. The van der Waals surface area contributed by atoms with Gasteiger partial charge in [-0.15, -0.1) is 0 Å². The Bertz CT molecular complexity index is 532. The largest absolute Gasteiger partial charge is 0.388 e. The third-order valence-corrected chi connectivity index (χ3v) is 3.19. The number of rotatable bonds is 2. The molecular formula is C14H18N2O3. The summed E-state index contributed by atoms with van der Waals surface area (Å²) in [6.45, 7) is 2.78. The lowest BCUT2D eigenvalue weighted by atomic mass is 9.98. The van der Waals surface area contributed by atoms with Crippen molar-refractivity contribution in [1.29, 1.82) is 0 Å². The average molecular weight is 262 g/mol. The molecule has 1 aromatic rings. The average Bonchev–Trinajstić information content (AvgIpc) is 2.36. The van der Waals surface area contributed by atoms with E-state index in [1.165, 1.54) is 13.8 Å². The van der Waals surface area contributed by atoms with E-state index in [9.17, 15) is 14.7 Å². The van der Waals surface area contributed by atoms with Gasteiger partial charge in [-0.1, -0.05) is 0 Å². The Kier molecular flexibility index (Phi) is 3.32. The second kappa shape index (κ2) is 4.66. The third kappa shape index (κ3) is 2.46. The number of amides is 2. The molecule has 0 unspecified atom stereocenters. The van der Waals surface area contributed by atoms with Crippen LogP contribution in [0.5, 0.6) is 0 Å². The van der Waals surface area contributed by atoms with Gasteiger partial charge in [0.25, 0.3) is 5.91 Å². The topological polar surface area (TPSA) is 69.6 Å². The van der Waals surface area contributed by atoms with E-state index in [0.29, 0.717) is 12.1 Å². The molecule has 1 heterocycles. The molecular weight excluding hydrogens is 244 g/mol. The minimum atomic E-state index is -1.56. The number of anilines is 2. The van der Waals surface area contributed by atoms with Crippen molar-refractivity contribution in [2.45, 2.75) is 32.3 Å². The molecule has 0 saturated heterocycles. The number of imide groups is 1. The van der Waals surface area contributed by atoms with Gasteiger partial charge in [-0.05, 0) is 44.0 Å². The van der Waals surface area contributed by atoms with Gasteiger partial charge in [-0.3, -0.25) is 9.59 Å². The van der Waals surface area contributed by atoms with Gasteiger partial charge in [0.15, 0.2) is 0 Å². The molecule has 102 valence electrons. The Balaban J connectivity index is 2.47. The maximum atomic E-state index is 12.2. The normalized spacial score (nSPS) is 15.2. The number of hydrogen-bond acceptors (Lipinski definition) is 4. The van der Waals surface area contributed by atoms with Crippen molar-refractivity contribution < 1.29 is 14.7 Å². The van der Waals surface area contributed by atoms with Crippen LogP contribution >= 0.6 is 0 Å². The molecule has 1 aromatic carbocycles. The smallest absolute Gasteiger partial charge is 0.265 e. The fourth-order valence-corrected chi connectivity index (χ4v) is 2.14. The monoisotopic (exact) mass is 262 g/mol. The number of nitrogens with one attached hydrogen (secondary N) is 1. The van der Waals surface area contributed by atoms with E-state index in [4.69, 9.17) is 0 Å². The molecule has 0 saturated carbocycles. The SMILES string of the molecule is CNc1ccc2c(c1)CCC(=O)N2C(=O)C(C)(C)O. The highest BCUT2D eigenvalue weighted by Crippen LogP contribution is 2.31. The van der Waals surface area contributed by atoms with Gasteiger partial charge in [0.1, 0.15) is 5.60 Å². The van der Waals surface area contributed by atoms with E-state index in [1.807, 2.05) is 19.2 Å². The van der Waals surface area contributed by atoms with Gasteiger partial charge in [0.2, 0.25) is 5.91 Å². The first-order chi connectivity index (χ1) is 8.84. The summed E-state index contributed by atoms with van der Waals surface area (Å²) in [4.78, 5) is 25.3. The van der Waals surface area contributed by atoms with Crippen LogP contribution in [-0.2, 0) is 16.0 Å². The summed E-state index contributed by atoms with van der Waals surface area (Å²) in [5, 5.41) is 12.9. The molecule has 0 aliphatic carbocycles. The van der Waals surface area contributed by atoms with Crippen LogP contribution in [0, 0.1) is 0 Å². The molecule has 0 bridgehead atoms. The molecule has 0 spiro atoms. The summed E-state index contributed by atoms with van der Waals surface area (Å²) < 4.78 is 0. The van der Waals surface area contributed by atoms with E-state index >= 15 is 0 Å². The highest BCUT2D eigenvalue weighted by molar-refractivity contribution is 6.18. The van der Waals surface area contributed by atoms with Crippen molar-refractivity contribution in [2.24, 2.45) is 0 Å². The van der Waals surface area contributed by atoms with E-state index in [0.717, 1.165) is 16.2 Å². The molecule has 1 aliphatic heterocycles. The number of hydrogen-bond donors (Lipinski definition) is 2. The first-order valence-electron chi connectivity index (χ1n) is 6.25. The predicted octanol–water partition coefficient (Wildman–Crippen LogP) is 1.30. The number of nitrogens with zero attached hydrogens (tertiary/aromatic N) is 1. The second-order valence-corrected chi connectivity index (χ2v) is 5.19. The molecule has 2 N–H and O–H groups in total. The van der Waals surface area contributed by atoms with Crippen molar-refractivity contribution >= 4 is 23.2 Å². The number of carbonyl (C=O) groups excluding carboxylic acids is 2. The van der Waals surface area contributed by atoms with Gasteiger partial charge < -0.3 is 10.4 Å². The van der Waals surface area contributed by atoms with Crippen LogP contribution in [-0.4, -0.2) is 29.6 Å². The number of carbonyl (C=O) groups is 2. The summed E-state index contributed by atoms with van der Waals surface area (Å²) in [6, 6.07) is 5.47. The fraction of sp³-hybridized carbons (Fsp3) is 0.429. The standard InChI is InChI=1S/C14H18N2O3/c1-14(2,19)13(18)16-11-6-5-10(15-3)8-9(11)4-7-12(16)17/h5-6,8,15,19H,4,7H2,1-3H3. The molecule has 0 atom stereocenters. The van der Waals surface area contributed by atoms with Crippen LogP contribution in [0.4, 0.5) is 11.4 Å². The molecule has 1 aliphatic rings. The Morgan fingerprint density at radius 1 is 1.37 bits per heavy atom. The van der Waals surface area contributed by atoms with Crippen molar-refractivity contribution in [3.63, 3.8) is 0 Å². The third-order valence-electron chi connectivity index (χ3n) is 3.19. The lowest BCUT2D eigenvalue weighted by Gasteiger charge is -2.32. The summed E-state index contributed by atoms with van der Waals surface area (Å²) in [5.41, 5.74) is 0.876. The fourth-order valence-electron chi connectivity index (χ4n) is 2.14. The van der Waals surface area contributed by atoms with Gasteiger partial charge >= 0.3 is 0 Å². The maximum Gasteiger partial charge on any atom is 0.265 e. The number of benzene rings is 1. The van der Waals surface area contributed by atoms with E-state index in [1.54, 1.807) is 6.07 Å². The van der Waals surface area contributed by atoms with Gasteiger partial charge in [0.05, 0.1) is 5.69 Å². The molecule has 0 radical (unpaired) electrons. The molecule has 2 rings (SSSR count). The second-order valence-electron chi connectivity index (χ2n) is 5.19. The first kappa shape index (κ1) is 13.5. The van der Waals surface area contributed by atoms with Crippen molar-refractivity contribution in [2.75, 3.05) is 17.3 Å². The van der Waals surface area contributed by atoms with Crippen LogP contribution in [0.1, 0.15) is 25.8 Å². The highest BCUT2D eigenvalue weighted by atomic mass is 16.3. The van der Waals surface area contributed by atoms with Gasteiger partial charge in [-0.25, -0.2) is 4.90 Å². The minimum absolute atomic E-state index is 0.267. The van der Waals surface area contributed by atoms with Crippen LogP contribution in [0.15, 0.2) is 18.2 Å². The van der Waals surface area contributed by atoms with Gasteiger partial charge in [0, 0.05) is 19.2 Å². The zero-order valence-corrected chi connectivity index (χ0v) is 11.4. The Morgan fingerprint density at radius 3 is 2.63 bits per heavy atom. The van der Waals surface area contributed by atoms with Crippen LogP contribution in [0.3, 0.4) is 0 Å². The Morgan fingerprint density at radius 2 is 2.05 bits per heavy atom. The molecule has 0 fully saturated rings. The number of aryl methyl sites for hydroxylation is 1.